The maximum Gasteiger partial charge on any atom is 0.269 e. The minimum atomic E-state index is -0.490. The zero-order valence-electron chi connectivity index (χ0n) is 9.18. The molecule has 2 aromatic rings. The Hall–Kier alpha value is -1.99. The molecule has 0 saturated carbocycles. The molecule has 0 unspecified atom stereocenters. The quantitative estimate of drug-likeness (QED) is 0.670. The number of hydrogen-bond donors (Lipinski definition) is 1. The number of aliphatic hydroxyl groups excluding tert-OH is 1. The van der Waals surface area contributed by atoms with Gasteiger partial charge in [0.1, 0.15) is 5.03 Å². The maximum absolute atomic E-state index is 10.6. The van der Waals surface area contributed by atoms with Gasteiger partial charge in [0.2, 0.25) is 0 Å². The van der Waals surface area contributed by atoms with Crippen LogP contribution in [-0.4, -0.2) is 20.0 Å². The Bertz CT molecular complexity index is 563. The average Bonchev–Trinajstić information content (AvgIpc) is 2.40. The number of aromatic nitrogens is 2. The lowest BCUT2D eigenvalue weighted by molar-refractivity contribution is -0.385. The zero-order chi connectivity index (χ0) is 13.0. The number of non-ortho nitro benzene ring substituents is 1. The maximum atomic E-state index is 10.6. The molecule has 0 spiro atoms. The fourth-order valence-electron chi connectivity index (χ4n) is 1.35. The van der Waals surface area contributed by atoms with Crippen molar-refractivity contribution in [2.75, 3.05) is 0 Å². The number of rotatable bonds is 4. The molecule has 0 radical (unpaired) electrons. The summed E-state index contributed by atoms with van der Waals surface area (Å²) in [5.41, 5.74) is 0.461. The van der Waals surface area contributed by atoms with E-state index < -0.39 is 4.92 Å². The molecule has 1 aromatic heterocycles. The summed E-state index contributed by atoms with van der Waals surface area (Å²) in [6.45, 7) is -0.260. The minimum Gasteiger partial charge on any atom is -0.392 e. The van der Waals surface area contributed by atoms with E-state index in [0.29, 0.717) is 10.6 Å². The van der Waals surface area contributed by atoms with Gasteiger partial charge in [0.15, 0.2) is 0 Å². The predicted octanol–water partition coefficient (Wildman–Crippen LogP) is 2.03. The summed E-state index contributed by atoms with van der Waals surface area (Å²) < 4.78 is 0. The highest BCUT2D eigenvalue weighted by Crippen LogP contribution is 2.30. The van der Waals surface area contributed by atoms with Crippen molar-refractivity contribution in [1.82, 2.24) is 9.97 Å². The van der Waals surface area contributed by atoms with Crippen LogP contribution < -0.4 is 0 Å². The van der Waals surface area contributed by atoms with Gasteiger partial charge in [-0.1, -0.05) is 11.8 Å². The Morgan fingerprint density at radius 1 is 1.39 bits per heavy atom. The Balaban J connectivity index is 2.31. The molecule has 0 aliphatic heterocycles. The number of nitro benzene ring substituents is 1. The van der Waals surface area contributed by atoms with Gasteiger partial charge in [0.25, 0.3) is 5.69 Å². The molecule has 0 atom stereocenters. The van der Waals surface area contributed by atoms with Gasteiger partial charge in [0, 0.05) is 29.4 Å². The van der Waals surface area contributed by atoms with Crippen LogP contribution in [0.2, 0.25) is 0 Å². The van der Waals surface area contributed by atoms with Crippen molar-refractivity contribution < 1.29 is 10.0 Å². The third-order valence-electron chi connectivity index (χ3n) is 2.18. The molecule has 1 aromatic carbocycles. The summed E-state index contributed by atoms with van der Waals surface area (Å²) in [5.74, 6) is 0. The topological polar surface area (TPSA) is 89.2 Å². The Labute approximate surface area is 107 Å². The number of hydrogen-bond acceptors (Lipinski definition) is 6. The lowest BCUT2D eigenvalue weighted by Gasteiger charge is -2.05. The molecule has 0 fully saturated rings. The first-order chi connectivity index (χ1) is 8.70. The van der Waals surface area contributed by atoms with Crippen LogP contribution in [-0.2, 0) is 6.61 Å². The summed E-state index contributed by atoms with van der Waals surface area (Å²) in [5, 5.41) is 20.5. The van der Waals surface area contributed by atoms with Crippen LogP contribution in [0.4, 0.5) is 5.69 Å². The van der Waals surface area contributed by atoms with Crippen molar-refractivity contribution in [2.45, 2.75) is 16.5 Å². The van der Waals surface area contributed by atoms with Crippen molar-refractivity contribution >= 4 is 17.4 Å². The molecule has 0 saturated heterocycles. The molecule has 1 heterocycles. The van der Waals surface area contributed by atoms with Gasteiger partial charge >= 0.3 is 0 Å². The van der Waals surface area contributed by atoms with Gasteiger partial charge in [-0.25, -0.2) is 4.98 Å². The van der Waals surface area contributed by atoms with Gasteiger partial charge in [0.05, 0.1) is 17.7 Å². The largest absolute Gasteiger partial charge is 0.392 e. The van der Waals surface area contributed by atoms with Crippen molar-refractivity contribution in [2.24, 2.45) is 0 Å². The van der Waals surface area contributed by atoms with Crippen molar-refractivity contribution in [3.8, 4) is 0 Å². The molecule has 1 N–H and O–H groups in total. The second-order valence-corrected chi connectivity index (χ2v) is 4.42. The Morgan fingerprint density at radius 2 is 2.22 bits per heavy atom. The molecule has 0 bridgehead atoms. The van der Waals surface area contributed by atoms with E-state index in [1.165, 1.54) is 23.9 Å². The third-order valence-corrected chi connectivity index (χ3v) is 3.22. The van der Waals surface area contributed by atoms with Crippen LogP contribution in [0.25, 0.3) is 0 Å². The molecular formula is C11H9N3O3S. The van der Waals surface area contributed by atoms with Gasteiger partial charge in [-0.05, 0) is 11.6 Å². The van der Waals surface area contributed by atoms with E-state index in [1.807, 2.05) is 0 Å². The van der Waals surface area contributed by atoms with E-state index >= 15 is 0 Å². The normalized spacial score (nSPS) is 10.3. The van der Waals surface area contributed by atoms with E-state index in [4.69, 9.17) is 0 Å². The van der Waals surface area contributed by atoms with Gasteiger partial charge < -0.3 is 5.11 Å². The van der Waals surface area contributed by atoms with Crippen LogP contribution in [0, 0.1) is 10.1 Å². The number of aliphatic hydroxyl groups is 1. The van der Waals surface area contributed by atoms with E-state index in [-0.39, 0.29) is 12.3 Å². The van der Waals surface area contributed by atoms with Crippen LogP contribution in [0.3, 0.4) is 0 Å². The van der Waals surface area contributed by atoms with E-state index in [0.717, 1.165) is 4.90 Å². The fraction of sp³-hybridized carbons (Fsp3) is 0.0909. The van der Waals surface area contributed by atoms with Gasteiger partial charge in [-0.3, -0.25) is 15.1 Å². The molecule has 2 rings (SSSR count). The average molecular weight is 263 g/mol. The first kappa shape index (κ1) is 12.5. The smallest absolute Gasteiger partial charge is 0.269 e. The summed E-state index contributed by atoms with van der Waals surface area (Å²) in [6.07, 6.45) is 4.71. The highest BCUT2D eigenvalue weighted by atomic mass is 32.2. The van der Waals surface area contributed by atoms with Crippen LogP contribution in [0.5, 0.6) is 0 Å². The first-order valence-electron chi connectivity index (χ1n) is 5.03. The third kappa shape index (κ3) is 2.82. The second kappa shape index (κ2) is 5.56. The van der Waals surface area contributed by atoms with Gasteiger partial charge in [-0.2, -0.15) is 0 Å². The molecule has 0 amide bonds. The monoisotopic (exact) mass is 263 g/mol. The summed E-state index contributed by atoms with van der Waals surface area (Å²) >= 11 is 1.30. The van der Waals surface area contributed by atoms with Crippen molar-refractivity contribution in [3.05, 3.63) is 52.5 Å². The van der Waals surface area contributed by atoms with Crippen molar-refractivity contribution in [1.29, 1.82) is 0 Å². The van der Waals surface area contributed by atoms with E-state index in [2.05, 4.69) is 9.97 Å². The number of nitrogens with zero attached hydrogens (tertiary/aromatic N) is 3. The molecule has 7 heteroatoms. The number of benzene rings is 1. The highest BCUT2D eigenvalue weighted by molar-refractivity contribution is 7.99. The fourth-order valence-corrected chi connectivity index (χ4v) is 2.20. The van der Waals surface area contributed by atoms with Crippen LogP contribution in [0.1, 0.15) is 5.56 Å². The standard InChI is InChI=1S/C11H9N3O3S/c15-7-8-5-9(14(16)17)1-2-10(8)18-11-6-12-3-4-13-11/h1-6,15H,7H2. The zero-order valence-corrected chi connectivity index (χ0v) is 10.0. The van der Waals surface area contributed by atoms with E-state index in [9.17, 15) is 15.2 Å². The second-order valence-electron chi connectivity index (χ2n) is 3.35. The minimum absolute atomic E-state index is 0.0393. The van der Waals surface area contributed by atoms with Crippen LogP contribution in [0.15, 0.2) is 46.7 Å². The number of nitro groups is 1. The molecule has 18 heavy (non-hydrogen) atoms. The summed E-state index contributed by atoms with van der Waals surface area (Å²) in [7, 11) is 0. The summed E-state index contributed by atoms with van der Waals surface area (Å²) in [4.78, 5) is 18.9. The molecule has 0 aliphatic rings. The summed E-state index contributed by atoms with van der Waals surface area (Å²) in [6, 6.07) is 4.36. The molecular weight excluding hydrogens is 254 g/mol. The Kier molecular flexibility index (Phi) is 3.85. The molecule has 6 nitrogen and oxygen atoms in total. The van der Waals surface area contributed by atoms with Gasteiger partial charge in [-0.15, -0.1) is 0 Å². The molecule has 92 valence electrons. The Morgan fingerprint density at radius 3 is 2.83 bits per heavy atom. The predicted molar refractivity (Wildman–Crippen MR) is 65.2 cm³/mol. The lowest BCUT2D eigenvalue weighted by atomic mass is 10.2. The van der Waals surface area contributed by atoms with E-state index in [1.54, 1.807) is 24.7 Å². The van der Waals surface area contributed by atoms with Crippen LogP contribution >= 0.6 is 11.8 Å². The first-order valence-corrected chi connectivity index (χ1v) is 5.84. The highest BCUT2D eigenvalue weighted by Gasteiger charge is 2.11. The molecule has 0 aliphatic carbocycles. The SMILES string of the molecule is O=[N+]([O-])c1ccc(Sc2cnccn2)c(CO)c1. The lowest BCUT2D eigenvalue weighted by Crippen LogP contribution is -1.93. The van der Waals surface area contributed by atoms with Crippen molar-refractivity contribution in [3.63, 3.8) is 0 Å².